The van der Waals surface area contributed by atoms with E-state index in [1.54, 1.807) is 11.3 Å². The van der Waals surface area contributed by atoms with Crippen molar-refractivity contribution in [2.45, 2.75) is 19.9 Å². The van der Waals surface area contributed by atoms with Gasteiger partial charge in [-0.05, 0) is 43.7 Å². The molecular weight excluding hydrogens is 338 g/mol. The van der Waals surface area contributed by atoms with E-state index in [0.29, 0.717) is 6.61 Å². The summed E-state index contributed by atoms with van der Waals surface area (Å²) in [6.45, 7) is 4.06. The summed E-state index contributed by atoms with van der Waals surface area (Å²) in [5, 5.41) is 1.25. The zero-order valence-electron chi connectivity index (χ0n) is 11.5. The van der Waals surface area contributed by atoms with Crippen molar-refractivity contribution in [2.24, 2.45) is 0 Å². The fourth-order valence-electron chi connectivity index (χ4n) is 2.71. The predicted molar refractivity (Wildman–Crippen MR) is 85.5 cm³/mol. The van der Waals surface area contributed by atoms with Crippen molar-refractivity contribution >= 4 is 43.3 Å². The second-order valence-corrected chi connectivity index (χ2v) is 6.92. The average molecular weight is 354 g/mol. The van der Waals surface area contributed by atoms with Crippen LogP contribution < -0.4 is 0 Å². The summed E-state index contributed by atoms with van der Waals surface area (Å²) >= 11 is 5.20. The van der Waals surface area contributed by atoms with Crippen molar-refractivity contribution in [3.05, 3.63) is 32.6 Å². The number of thiophene rings is 1. The first-order valence-corrected chi connectivity index (χ1v) is 8.31. The van der Waals surface area contributed by atoms with Gasteiger partial charge in [0.1, 0.15) is 4.88 Å². The van der Waals surface area contributed by atoms with Gasteiger partial charge in [-0.2, -0.15) is 0 Å². The van der Waals surface area contributed by atoms with Crippen LogP contribution >= 0.6 is 27.3 Å². The zero-order valence-corrected chi connectivity index (χ0v) is 13.9. The summed E-state index contributed by atoms with van der Waals surface area (Å²) in [5.74, 6) is -0.193. The Morgan fingerprint density at radius 1 is 1.45 bits per heavy atom. The number of ether oxygens (including phenoxy) is 1. The van der Waals surface area contributed by atoms with Gasteiger partial charge in [-0.15, -0.1) is 11.3 Å². The van der Waals surface area contributed by atoms with Gasteiger partial charge >= 0.3 is 5.97 Å². The molecule has 0 N–H and O–H groups in total. The van der Waals surface area contributed by atoms with E-state index in [0.717, 1.165) is 34.4 Å². The van der Waals surface area contributed by atoms with Crippen LogP contribution in [0.3, 0.4) is 0 Å². The average Bonchev–Trinajstić information content (AvgIpc) is 2.67. The Bertz CT molecular complexity index is 680. The molecule has 5 heteroatoms. The van der Waals surface area contributed by atoms with Gasteiger partial charge in [-0.1, -0.05) is 15.9 Å². The minimum absolute atomic E-state index is 0.193. The number of carbonyl (C=O) groups excluding carboxylic acids is 1. The van der Waals surface area contributed by atoms with Gasteiger partial charge in [-0.3, -0.25) is 0 Å². The minimum Gasteiger partial charge on any atom is -0.462 e. The molecule has 2 aromatic rings. The van der Waals surface area contributed by atoms with E-state index in [9.17, 15) is 4.79 Å². The molecule has 0 saturated carbocycles. The maximum atomic E-state index is 12.2. The summed E-state index contributed by atoms with van der Waals surface area (Å²) in [7, 11) is 2.10. The summed E-state index contributed by atoms with van der Waals surface area (Å²) in [6, 6.07) is 4.17. The Morgan fingerprint density at radius 3 is 3.00 bits per heavy atom. The molecule has 1 aliphatic rings. The Kier molecular flexibility index (Phi) is 3.84. The Balaban J connectivity index is 2.25. The summed E-state index contributed by atoms with van der Waals surface area (Å²) in [5.41, 5.74) is 2.44. The first kappa shape index (κ1) is 14.0. The first-order chi connectivity index (χ1) is 9.61. The molecule has 0 unspecified atom stereocenters. The number of esters is 1. The Hall–Kier alpha value is -0.910. The van der Waals surface area contributed by atoms with E-state index < -0.39 is 0 Å². The highest BCUT2D eigenvalue weighted by Crippen LogP contribution is 2.39. The van der Waals surface area contributed by atoms with Crippen molar-refractivity contribution in [3.8, 4) is 0 Å². The highest BCUT2D eigenvalue weighted by molar-refractivity contribution is 9.10. The largest absolute Gasteiger partial charge is 0.462 e. The molecule has 0 spiro atoms. The molecule has 0 fully saturated rings. The van der Waals surface area contributed by atoms with Gasteiger partial charge in [-0.25, -0.2) is 4.79 Å². The third-order valence-electron chi connectivity index (χ3n) is 3.64. The number of rotatable bonds is 2. The predicted octanol–water partition coefficient (Wildman–Crippen LogP) is 3.83. The molecule has 3 rings (SSSR count). The second-order valence-electron chi connectivity index (χ2n) is 5.02. The molecule has 1 aromatic heterocycles. The molecular formula is C15H16BrNO2S. The monoisotopic (exact) mass is 353 g/mol. The molecule has 0 saturated heterocycles. The lowest BCUT2D eigenvalue weighted by molar-refractivity contribution is 0.0530. The molecule has 2 heterocycles. The van der Waals surface area contributed by atoms with Gasteiger partial charge < -0.3 is 9.64 Å². The van der Waals surface area contributed by atoms with Gasteiger partial charge in [0, 0.05) is 27.6 Å². The van der Waals surface area contributed by atoms with Crippen molar-refractivity contribution in [2.75, 3.05) is 20.2 Å². The number of nitrogens with zero attached hydrogens (tertiary/aromatic N) is 1. The molecule has 3 nitrogen and oxygen atoms in total. The van der Waals surface area contributed by atoms with Crippen molar-refractivity contribution in [3.63, 3.8) is 0 Å². The van der Waals surface area contributed by atoms with Crippen molar-refractivity contribution in [1.82, 2.24) is 4.90 Å². The lowest BCUT2D eigenvalue weighted by atomic mass is 10.0. The van der Waals surface area contributed by atoms with Crippen LogP contribution in [-0.4, -0.2) is 31.1 Å². The van der Waals surface area contributed by atoms with Crippen LogP contribution in [0, 0.1) is 0 Å². The number of hydrogen-bond acceptors (Lipinski definition) is 4. The van der Waals surface area contributed by atoms with Crippen molar-refractivity contribution in [1.29, 1.82) is 0 Å². The molecule has 0 aliphatic carbocycles. The van der Waals surface area contributed by atoms with E-state index >= 15 is 0 Å². The van der Waals surface area contributed by atoms with Crippen LogP contribution in [0.25, 0.3) is 10.1 Å². The standard InChI is InChI=1S/C15H16BrNO2S/c1-3-19-15(18)14-10-8-17(2)7-6-9-11(16)4-5-12(20-14)13(9)10/h4-5H,3,6-8H2,1-2H3. The van der Waals surface area contributed by atoms with E-state index in [-0.39, 0.29) is 5.97 Å². The fraction of sp³-hybridized carbons (Fsp3) is 0.400. The molecule has 20 heavy (non-hydrogen) atoms. The molecule has 0 atom stereocenters. The maximum absolute atomic E-state index is 12.2. The number of benzene rings is 1. The summed E-state index contributed by atoms with van der Waals surface area (Å²) in [6.07, 6.45) is 1.00. The van der Waals surface area contributed by atoms with Crippen LogP contribution in [0.5, 0.6) is 0 Å². The molecule has 106 valence electrons. The topological polar surface area (TPSA) is 29.5 Å². The van der Waals surface area contributed by atoms with E-state index in [1.165, 1.54) is 15.6 Å². The number of hydrogen-bond donors (Lipinski definition) is 0. The van der Waals surface area contributed by atoms with E-state index in [2.05, 4.69) is 40.0 Å². The fourth-order valence-corrected chi connectivity index (χ4v) is 4.38. The van der Waals surface area contributed by atoms with Gasteiger partial charge in [0.05, 0.1) is 6.61 Å². The lowest BCUT2D eigenvalue weighted by Crippen LogP contribution is -2.19. The molecule has 1 aromatic carbocycles. The summed E-state index contributed by atoms with van der Waals surface area (Å²) in [4.78, 5) is 15.2. The quantitative estimate of drug-likeness (QED) is 0.768. The Labute approximate surface area is 130 Å². The number of carbonyl (C=O) groups is 1. The Morgan fingerprint density at radius 2 is 2.25 bits per heavy atom. The minimum atomic E-state index is -0.193. The van der Waals surface area contributed by atoms with Crippen LogP contribution in [0.1, 0.15) is 27.7 Å². The van der Waals surface area contributed by atoms with Gasteiger partial charge in [0.25, 0.3) is 0 Å². The third kappa shape index (κ3) is 2.28. The second kappa shape index (κ2) is 5.47. The van der Waals surface area contributed by atoms with Crippen LogP contribution in [0.15, 0.2) is 16.6 Å². The zero-order chi connectivity index (χ0) is 14.3. The normalized spacial score (nSPS) is 15.3. The lowest BCUT2D eigenvalue weighted by Gasteiger charge is -2.13. The van der Waals surface area contributed by atoms with Crippen LogP contribution in [-0.2, 0) is 17.7 Å². The first-order valence-electron chi connectivity index (χ1n) is 6.70. The number of likely N-dealkylation sites (N-methyl/N-ethyl adjacent to an activating group) is 1. The highest BCUT2D eigenvalue weighted by atomic mass is 79.9. The van der Waals surface area contributed by atoms with Gasteiger partial charge in [0.2, 0.25) is 0 Å². The number of halogens is 1. The molecule has 0 amide bonds. The maximum Gasteiger partial charge on any atom is 0.348 e. The van der Waals surface area contributed by atoms with E-state index in [4.69, 9.17) is 4.74 Å². The highest BCUT2D eigenvalue weighted by Gasteiger charge is 2.25. The van der Waals surface area contributed by atoms with Crippen LogP contribution in [0.2, 0.25) is 0 Å². The summed E-state index contributed by atoms with van der Waals surface area (Å²) < 4.78 is 7.52. The SMILES string of the molecule is CCOC(=O)c1sc2ccc(Br)c3c2c1CN(C)CC3. The van der Waals surface area contributed by atoms with E-state index in [1.807, 2.05) is 6.92 Å². The van der Waals surface area contributed by atoms with Crippen LogP contribution in [0.4, 0.5) is 0 Å². The molecule has 1 aliphatic heterocycles. The smallest absolute Gasteiger partial charge is 0.348 e. The van der Waals surface area contributed by atoms with Crippen molar-refractivity contribution < 1.29 is 9.53 Å². The molecule has 0 radical (unpaired) electrons. The molecule has 0 bridgehead atoms. The van der Waals surface area contributed by atoms with Gasteiger partial charge in [0.15, 0.2) is 0 Å². The third-order valence-corrected chi connectivity index (χ3v) is 5.56.